The molecule has 166 valence electrons. The van der Waals surface area contributed by atoms with Crippen LogP contribution in [0.1, 0.15) is 47.1 Å². The zero-order chi connectivity index (χ0) is 22.8. The predicted molar refractivity (Wildman–Crippen MR) is 120 cm³/mol. The summed E-state index contributed by atoms with van der Waals surface area (Å²) in [6.07, 6.45) is 4.98. The van der Waals surface area contributed by atoms with Crippen LogP contribution in [0.15, 0.2) is 29.3 Å². The second kappa shape index (κ2) is 7.23. The predicted octanol–water partition coefficient (Wildman–Crippen LogP) is 3.31. The highest BCUT2D eigenvalue weighted by Gasteiger charge is 2.40. The van der Waals surface area contributed by atoms with Crippen LogP contribution in [-0.4, -0.2) is 51.7 Å². The average Bonchev–Trinajstić information content (AvgIpc) is 3.48. The van der Waals surface area contributed by atoms with Crippen molar-refractivity contribution >= 4 is 15.7 Å². The Balaban J connectivity index is 1.61. The van der Waals surface area contributed by atoms with E-state index in [1.54, 1.807) is 12.3 Å². The molecule has 2 aromatic heterocycles. The monoisotopic (exact) mass is 451 g/mol. The molecule has 1 aromatic carbocycles. The number of rotatable bonds is 5. The van der Waals surface area contributed by atoms with Crippen molar-refractivity contribution in [2.24, 2.45) is 5.92 Å². The van der Waals surface area contributed by atoms with Gasteiger partial charge in [-0.1, -0.05) is 0 Å². The first kappa shape index (κ1) is 20.8. The maximum atomic E-state index is 13.2. The van der Waals surface area contributed by atoms with Crippen molar-refractivity contribution in [3.05, 3.63) is 46.9 Å². The molecule has 1 atom stereocenters. The minimum atomic E-state index is -3.61. The van der Waals surface area contributed by atoms with Crippen LogP contribution in [-0.2, 0) is 16.4 Å². The first-order valence-electron chi connectivity index (χ1n) is 10.7. The number of benzene rings is 1. The number of fused-ring (bicyclic) bond motifs is 1. The van der Waals surface area contributed by atoms with Crippen molar-refractivity contribution < 1.29 is 13.2 Å². The molecular weight excluding hydrogens is 426 g/mol. The summed E-state index contributed by atoms with van der Waals surface area (Å²) < 4.78 is 25.3. The maximum Gasteiger partial charge on any atom is 0.256 e. The van der Waals surface area contributed by atoms with Gasteiger partial charge in [-0.3, -0.25) is 4.79 Å². The zero-order valence-corrected chi connectivity index (χ0v) is 19.3. The number of hydrogen-bond acceptors (Lipinski definition) is 6. The van der Waals surface area contributed by atoms with Gasteiger partial charge in [-0.25, -0.2) is 13.4 Å². The number of aromatic nitrogens is 4. The number of aryl methyl sites for hydroxylation is 2. The van der Waals surface area contributed by atoms with Gasteiger partial charge in [-0.05, 0) is 68.9 Å². The summed E-state index contributed by atoms with van der Waals surface area (Å²) in [7, 11) is -3.61. The van der Waals surface area contributed by atoms with Crippen molar-refractivity contribution in [3.63, 3.8) is 0 Å². The van der Waals surface area contributed by atoms with Crippen LogP contribution in [0.4, 0.5) is 0 Å². The molecule has 0 saturated heterocycles. The van der Waals surface area contributed by atoms with E-state index < -0.39 is 9.84 Å². The second-order valence-electron chi connectivity index (χ2n) is 8.92. The van der Waals surface area contributed by atoms with Gasteiger partial charge in [0.1, 0.15) is 5.69 Å². The number of sulfone groups is 1. The Morgan fingerprint density at radius 3 is 2.53 bits per heavy atom. The molecule has 9 heteroatoms. The van der Waals surface area contributed by atoms with Crippen molar-refractivity contribution in [1.82, 2.24) is 25.1 Å². The molecule has 1 N–H and O–H groups in total. The van der Waals surface area contributed by atoms with E-state index in [0.29, 0.717) is 35.1 Å². The minimum Gasteiger partial charge on any atom is -0.341 e. The smallest absolute Gasteiger partial charge is 0.256 e. The Morgan fingerprint density at radius 2 is 1.91 bits per heavy atom. The Hall–Kier alpha value is -3.07. The van der Waals surface area contributed by atoms with E-state index >= 15 is 0 Å². The van der Waals surface area contributed by atoms with Gasteiger partial charge in [0, 0.05) is 30.1 Å². The normalized spacial score (nSPS) is 17.0. The number of H-pyrrole nitrogens is 1. The topological polar surface area (TPSA) is 109 Å². The van der Waals surface area contributed by atoms with Gasteiger partial charge >= 0.3 is 0 Å². The van der Waals surface area contributed by atoms with Gasteiger partial charge in [0.15, 0.2) is 15.7 Å². The Morgan fingerprint density at radius 1 is 1.16 bits per heavy atom. The van der Waals surface area contributed by atoms with Crippen LogP contribution < -0.4 is 0 Å². The van der Waals surface area contributed by atoms with Gasteiger partial charge < -0.3 is 9.88 Å². The van der Waals surface area contributed by atoms with Gasteiger partial charge in [0.2, 0.25) is 0 Å². The van der Waals surface area contributed by atoms with E-state index in [1.807, 2.05) is 30.9 Å². The molecule has 0 bridgehead atoms. The minimum absolute atomic E-state index is 0.0727. The summed E-state index contributed by atoms with van der Waals surface area (Å²) >= 11 is 0. The molecule has 1 aliphatic heterocycles. The fourth-order valence-electron chi connectivity index (χ4n) is 4.37. The van der Waals surface area contributed by atoms with E-state index in [4.69, 9.17) is 0 Å². The van der Waals surface area contributed by atoms with Gasteiger partial charge in [0.05, 0.1) is 22.3 Å². The molecular formula is C23H25N5O3S. The summed E-state index contributed by atoms with van der Waals surface area (Å²) in [5.41, 5.74) is 4.86. The fourth-order valence-corrected chi connectivity index (χ4v) is 5.30. The van der Waals surface area contributed by atoms with Crippen molar-refractivity contribution in [3.8, 4) is 22.6 Å². The summed E-state index contributed by atoms with van der Waals surface area (Å²) in [5, 5.41) is 8.30. The lowest BCUT2D eigenvalue weighted by Crippen LogP contribution is -2.35. The number of imidazole rings is 1. The molecule has 1 saturated carbocycles. The van der Waals surface area contributed by atoms with Crippen LogP contribution in [0.2, 0.25) is 0 Å². The summed E-state index contributed by atoms with van der Waals surface area (Å²) in [5.74, 6) is 0.918. The summed E-state index contributed by atoms with van der Waals surface area (Å²) in [6.45, 7) is 6.32. The molecule has 1 unspecified atom stereocenters. The first-order valence-corrected chi connectivity index (χ1v) is 12.6. The highest BCUT2D eigenvalue weighted by Crippen LogP contribution is 2.40. The van der Waals surface area contributed by atoms with E-state index in [-0.39, 0.29) is 16.8 Å². The third-order valence-electron chi connectivity index (χ3n) is 6.55. The molecule has 1 fully saturated rings. The van der Waals surface area contributed by atoms with Crippen LogP contribution in [0.3, 0.4) is 0 Å². The quantitative estimate of drug-likeness (QED) is 0.637. The standard InChI is InChI=1S/C23H25N5O3S/c1-12-13(2)26-22(25-12)19-8-17(10-24-27-19)16-7-18-11-28(14(3)15-5-6-15)23(29)21(18)20(9-16)32(4,30)31/h7-10,14-15H,5-6,11H2,1-4H3,(H,25,26). The van der Waals surface area contributed by atoms with Crippen LogP contribution in [0, 0.1) is 19.8 Å². The third-order valence-corrected chi connectivity index (χ3v) is 7.67. The lowest BCUT2D eigenvalue weighted by atomic mass is 10.0. The number of carbonyl (C=O) groups excluding carboxylic acids is 1. The van der Waals surface area contributed by atoms with E-state index in [2.05, 4.69) is 27.1 Å². The molecule has 2 aliphatic rings. The van der Waals surface area contributed by atoms with Crippen LogP contribution >= 0.6 is 0 Å². The van der Waals surface area contributed by atoms with E-state index in [9.17, 15) is 13.2 Å². The van der Waals surface area contributed by atoms with E-state index in [1.165, 1.54) is 0 Å². The first-order chi connectivity index (χ1) is 15.1. The van der Waals surface area contributed by atoms with Crippen LogP contribution in [0.5, 0.6) is 0 Å². The molecule has 0 spiro atoms. The summed E-state index contributed by atoms with van der Waals surface area (Å²) in [4.78, 5) is 22.8. The third kappa shape index (κ3) is 3.50. The molecule has 0 radical (unpaired) electrons. The van der Waals surface area contributed by atoms with Crippen molar-refractivity contribution in [1.29, 1.82) is 0 Å². The number of nitrogens with one attached hydrogen (secondary N) is 1. The number of hydrogen-bond donors (Lipinski definition) is 1. The van der Waals surface area contributed by atoms with Gasteiger partial charge in [-0.2, -0.15) is 5.10 Å². The number of amides is 1. The van der Waals surface area contributed by atoms with Crippen LogP contribution in [0.25, 0.3) is 22.6 Å². The largest absolute Gasteiger partial charge is 0.341 e. The average molecular weight is 452 g/mol. The Kier molecular flexibility index (Phi) is 4.70. The number of nitrogens with zero attached hydrogens (tertiary/aromatic N) is 4. The van der Waals surface area contributed by atoms with E-state index in [0.717, 1.165) is 41.6 Å². The second-order valence-corrected chi connectivity index (χ2v) is 10.9. The summed E-state index contributed by atoms with van der Waals surface area (Å²) in [6, 6.07) is 5.42. The fraction of sp³-hybridized carbons (Fsp3) is 0.391. The van der Waals surface area contributed by atoms with Crippen molar-refractivity contribution in [2.75, 3.05) is 6.26 Å². The molecule has 32 heavy (non-hydrogen) atoms. The zero-order valence-electron chi connectivity index (χ0n) is 18.5. The number of carbonyl (C=O) groups is 1. The molecule has 1 amide bonds. The molecule has 3 heterocycles. The molecule has 5 rings (SSSR count). The SMILES string of the molecule is Cc1nc(-c2cc(-c3cc4c(c(S(C)(=O)=O)c3)C(=O)N(C(C)C3CC3)C4)cnn2)[nH]c1C. The molecule has 3 aromatic rings. The highest BCUT2D eigenvalue weighted by molar-refractivity contribution is 7.90. The lowest BCUT2D eigenvalue weighted by Gasteiger charge is -2.24. The number of aromatic amines is 1. The maximum absolute atomic E-state index is 13.2. The highest BCUT2D eigenvalue weighted by atomic mass is 32.2. The molecule has 8 nitrogen and oxygen atoms in total. The Bertz CT molecular complexity index is 1340. The van der Waals surface area contributed by atoms with Crippen molar-refractivity contribution in [2.45, 2.75) is 51.1 Å². The van der Waals surface area contributed by atoms with Gasteiger partial charge in [0.25, 0.3) is 5.91 Å². The lowest BCUT2D eigenvalue weighted by molar-refractivity contribution is 0.0694. The Labute approximate surface area is 187 Å². The molecule has 1 aliphatic carbocycles. The van der Waals surface area contributed by atoms with Gasteiger partial charge in [-0.15, -0.1) is 5.10 Å².